The SMILES string of the molecule is COc1ccc(CC(C=C(C)C)NN)cc1. The fourth-order valence-electron chi connectivity index (χ4n) is 1.58. The maximum Gasteiger partial charge on any atom is 0.118 e. The van der Waals surface area contributed by atoms with Gasteiger partial charge in [0.05, 0.1) is 7.11 Å². The molecule has 16 heavy (non-hydrogen) atoms. The van der Waals surface area contributed by atoms with Gasteiger partial charge in [0, 0.05) is 6.04 Å². The van der Waals surface area contributed by atoms with E-state index in [9.17, 15) is 0 Å². The Morgan fingerprint density at radius 1 is 1.38 bits per heavy atom. The highest BCUT2D eigenvalue weighted by Crippen LogP contribution is 2.13. The number of methoxy groups -OCH3 is 1. The van der Waals surface area contributed by atoms with E-state index in [2.05, 4.69) is 37.5 Å². The molecule has 0 saturated heterocycles. The molecular weight excluding hydrogens is 200 g/mol. The molecule has 0 amide bonds. The van der Waals surface area contributed by atoms with Crippen LogP contribution in [0.25, 0.3) is 0 Å². The minimum Gasteiger partial charge on any atom is -0.497 e. The molecule has 3 N–H and O–H groups in total. The van der Waals surface area contributed by atoms with Crippen LogP contribution in [0.1, 0.15) is 19.4 Å². The first-order valence-electron chi connectivity index (χ1n) is 5.39. The zero-order valence-electron chi connectivity index (χ0n) is 10.2. The van der Waals surface area contributed by atoms with Gasteiger partial charge in [0.2, 0.25) is 0 Å². The van der Waals surface area contributed by atoms with Gasteiger partial charge in [0.15, 0.2) is 0 Å². The predicted molar refractivity (Wildman–Crippen MR) is 67.2 cm³/mol. The number of nitrogens with two attached hydrogens (primary N) is 1. The Balaban J connectivity index is 2.67. The average Bonchev–Trinajstić information content (AvgIpc) is 2.28. The van der Waals surface area contributed by atoms with Crippen molar-refractivity contribution in [3.63, 3.8) is 0 Å². The number of nitrogens with one attached hydrogen (secondary N) is 1. The van der Waals surface area contributed by atoms with Crippen molar-refractivity contribution in [1.82, 2.24) is 5.43 Å². The first kappa shape index (κ1) is 12.7. The predicted octanol–water partition coefficient (Wildman–Crippen LogP) is 2.04. The summed E-state index contributed by atoms with van der Waals surface area (Å²) < 4.78 is 5.11. The van der Waals surface area contributed by atoms with Gasteiger partial charge in [-0.25, -0.2) is 0 Å². The number of hydrogen-bond donors (Lipinski definition) is 2. The summed E-state index contributed by atoms with van der Waals surface area (Å²) in [6.45, 7) is 4.14. The van der Waals surface area contributed by atoms with E-state index in [-0.39, 0.29) is 6.04 Å². The molecule has 3 nitrogen and oxygen atoms in total. The molecule has 0 aliphatic rings. The second kappa shape index (κ2) is 6.30. The summed E-state index contributed by atoms with van der Waals surface area (Å²) in [5, 5.41) is 0. The van der Waals surface area contributed by atoms with Crippen molar-refractivity contribution < 1.29 is 4.74 Å². The third-order valence-corrected chi connectivity index (χ3v) is 2.36. The lowest BCUT2D eigenvalue weighted by atomic mass is 10.0. The smallest absolute Gasteiger partial charge is 0.118 e. The molecule has 0 aliphatic heterocycles. The maximum absolute atomic E-state index is 5.51. The Hall–Kier alpha value is -1.32. The molecular formula is C13H20N2O. The van der Waals surface area contributed by atoms with Crippen molar-refractivity contribution in [2.45, 2.75) is 26.3 Å². The molecule has 0 aliphatic carbocycles. The Morgan fingerprint density at radius 3 is 2.44 bits per heavy atom. The van der Waals surface area contributed by atoms with Crippen molar-refractivity contribution in [3.05, 3.63) is 41.5 Å². The van der Waals surface area contributed by atoms with Crippen molar-refractivity contribution in [3.8, 4) is 5.75 Å². The van der Waals surface area contributed by atoms with Crippen LogP contribution >= 0.6 is 0 Å². The van der Waals surface area contributed by atoms with Gasteiger partial charge in [-0.1, -0.05) is 23.8 Å². The van der Waals surface area contributed by atoms with Gasteiger partial charge in [-0.15, -0.1) is 0 Å². The number of rotatable bonds is 5. The number of allylic oxidation sites excluding steroid dienone is 1. The number of hydrogen-bond acceptors (Lipinski definition) is 3. The summed E-state index contributed by atoms with van der Waals surface area (Å²) in [6.07, 6.45) is 3.01. The second-order valence-electron chi connectivity index (χ2n) is 4.07. The second-order valence-corrected chi connectivity index (χ2v) is 4.07. The molecule has 1 unspecified atom stereocenters. The molecule has 1 atom stereocenters. The van der Waals surface area contributed by atoms with Gasteiger partial charge in [0.25, 0.3) is 0 Å². The zero-order valence-corrected chi connectivity index (χ0v) is 10.2. The van der Waals surface area contributed by atoms with E-state index < -0.39 is 0 Å². The van der Waals surface area contributed by atoms with E-state index in [1.807, 2.05) is 12.1 Å². The first-order valence-corrected chi connectivity index (χ1v) is 5.39. The van der Waals surface area contributed by atoms with E-state index in [1.165, 1.54) is 11.1 Å². The normalized spacial score (nSPS) is 12.0. The van der Waals surface area contributed by atoms with E-state index in [0.29, 0.717) is 0 Å². The molecule has 1 aromatic rings. The van der Waals surface area contributed by atoms with Crippen LogP contribution in [0, 0.1) is 0 Å². The van der Waals surface area contributed by atoms with Crippen LogP contribution in [0.5, 0.6) is 5.75 Å². The summed E-state index contributed by atoms with van der Waals surface area (Å²) in [6, 6.07) is 8.22. The van der Waals surface area contributed by atoms with Crippen LogP contribution < -0.4 is 16.0 Å². The zero-order chi connectivity index (χ0) is 12.0. The van der Waals surface area contributed by atoms with E-state index in [0.717, 1.165) is 12.2 Å². The van der Waals surface area contributed by atoms with Crippen molar-refractivity contribution in [2.24, 2.45) is 5.84 Å². The Bertz CT molecular complexity index is 339. The third kappa shape index (κ3) is 4.04. The lowest BCUT2D eigenvalue weighted by molar-refractivity contribution is 0.414. The standard InChI is InChI=1S/C13H20N2O/c1-10(2)8-12(15-14)9-11-4-6-13(16-3)7-5-11/h4-8,12,15H,9,14H2,1-3H3. The van der Waals surface area contributed by atoms with Crippen LogP contribution in [0.15, 0.2) is 35.9 Å². The number of benzene rings is 1. The lowest BCUT2D eigenvalue weighted by Gasteiger charge is -2.12. The monoisotopic (exact) mass is 220 g/mol. The third-order valence-electron chi connectivity index (χ3n) is 2.36. The molecule has 0 spiro atoms. The Labute approximate surface area is 97.3 Å². The van der Waals surface area contributed by atoms with Crippen molar-refractivity contribution >= 4 is 0 Å². The van der Waals surface area contributed by atoms with Crippen LogP contribution in [0.3, 0.4) is 0 Å². The lowest BCUT2D eigenvalue weighted by Crippen LogP contribution is -2.35. The Morgan fingerprint density at radius 2 is 2.00 bits per heavy atom. The van der Waals surface area contributed by atoms with Crippen LogP contribution in [-0.4, -0.2) is 13.2 Å². The average molecular weight is 220 g/mol. The van der Waals surface area contributed by atoms with Gasteiger partial charge < -0.3 is 4.74 Å². The molecule has 0 bridgehead atoms. The molecule has 0 fully saturated rings. The van der Waals surface area contributed by atoms with Crippen LogP contribution in [0.2, 0.25) is 0 Å². The fraction of sp³-hybridized carbons (Fsp3) is 0.385. The molecule has 0 saturated carbocycles. The first-order chi connectivity index (χ1) is 7.65. The Kier molecular flexibility index (Phi) is 5.02. The van der Waals surface area contributed by atoms with Crippen LogP contribution in [-0.2, 0) is 6.42 Å². The minimum atomic E-state index is 0.179. The van der Waals surface area contributed by atoms with Gasteiger partial charge in [-0.05, 0) is 38.0 Å². The van der Waals surface area contributed by atoms with E-state index in [4.69, 9.17) is 10.6 Å². The summed E-state index contributed by atoms with van der Waals surface area (Å²) >= 11 is 0. The maximum atomic E-state index is 5.51. The topological polar surface area (TPSA) is 47.3 Å². The molecule has 88 valence electrons. The summed E-state index contributed by atoms with van der Waals surface area (Å²) in [7, 11) is 1.67. The van der Waals surface area contributed by atoms with Gasteiger partial charge in [-0.2, -0.15) is 0 Å². The van der Waals surface area contributed by atoms with Crippen molar-refractivity contribution in [2.75, 3.05) is 7.11 Å². The highest BCUT2D eigenvalue weighted by atomic mass is 16.5. The van der Waals surface area contributed by atoms with Gasteiger partial charge >= 0.3 is 0 Å². The molecule has 0 aromatic heterocycles. The summed E-state index contributed by atoms with van der Waals surface area (Å²) in [5.74, 6) is 6.38. The highest BCUT2D eigenvalue weighted by Gasteiger charge is 2.04. The summed E-state index contributed by atoms with van der Waals surface area (Å²) in [4.78, 5) is 0. The molecule has 0 radical (unpaired) electrons. The highest BCUT2D eigenvalue weighted by molar-refractivity contribution is 5.28. The quantitative estimate of drug-likeness (QED) is 0.453. The largest absolute Gasteiger partial charge is 0.497 e. The number of ether oxygens (including phenoxy) is 1. The number of hydrazine groups is 1. The van der Waals surface area contributed by atoms with Gasteiger partial charge in [0.1, 0.15) is 5.75 Å². The molecule has 1 aromatic carbocycles. The molecule has 3 heteroatoms. The minimum absolute atomic E-state index is 0.179. The van der Waals surface area contributed by atoms with E-state index >= 15 is 0 Å². The van der Waals surface area contributed by atoms with Crippen molar-refractivity contribution in [1.29, 1.82) is 0 Å². The fourth-order valence-corrected chi connectivity index (χ4v) is 1.58. The van der Waals surface area contributed by atoms with Gasteiger partial charge in [-0.3, -0.25) is 11.3 Å². The summed E-state index contributed by atoms with van der Waals surface area (Å²) in [5.41, 5.74) is 5.30. The van der Waals surface area contributed by atoms with Crippen LogP contribution in [0.4, 0.5) is 0 Å². The molecule has 1 rings (SSSR count). The molecule has 0 heterocycles. The van der Waals surface area contributed by atoms with E-state index in [1.54, 1.807) is 7.11 Å².